The first-order valence-electron chi connectivity index (χ1n) is 7.89. The molecule has 3 nitrogen and oxygen atoms in total. The zero-order chi connectivity index (χ0) is 14.5. The molecule has 0 aromatic carbocycles. The Morgan fingerprint density at radius 3 is 2.16 bits per heavy atom. The quantitative estimate of drug-likeness (QED) is 0.749. The monoisotopic (exact) mass is 270 g/mol. The summed E-state index contributed by atoms with van der Waals surface area (Å²) in [5.41, 5.74) is -0.522. The fraction of sp³-hybridized carbons (Fsp3) is 0.938. The molecule has 0 aliphatic heterocycles. The molecule has 3 heteroatoms. The Bertz CT molecular complexity index is 276. The average Bonchev–Trinajstić information content (AvgIpc) is 2.46. The first kappa shape index (κ1) is 16.5. The summed E-state index contributed by atoms with van der Waals surface area (Å²) < 4.78 is 5.55. The van der Waals surface area contributed by atoms with Crippen molar-refractivity contribution >= 4 is 5.97 Å². The van der Waals surface area contributed by atoms with Crippen LogP contribution in [0.1, 0.15) is 72.6 Å². The predicted octanol–water partition coefficient (Wildman–Crippen LogP) is 3.69. The lowest BCUT2D eigenvalue weighted by atomic mass is 9.73. The molecular weight excluding hydrogens is 240 g/mol. The molecule has 1 aliphatic carbocycles. The Kier molecular flexibility index (Phi) is 6.31. The van der Waals surface area contributed by atoms with E-state index in [2.05, 4.69) is 13.8 Å². The van der Waals surface area contributed by atoms with Crippen molar-refractivity contribution in [3.63, 3.8) is 0 Å². The van der Waals surface area contributed by atoms with Crippen LogP contribution in [-0.4, -0.2) is 22.8 Å². The van der Waals surface area contributed by atoms with Gasteiger partial charge in [-0.25, -0.2) is 0 Å². The van der Waals surface area contributed by atoms with Gasteiger partial charge in [0.1, 0.15) is 6.10 Å². The summed E-state index contributed by atoms with van der Waals surface area (Å²) in [6.07, 6.45) is 6.25. The number of ether oxygens (including phenoxy) is 1. The van der Waals surface area contributed by atoms with Gasteiger partial charge in [-0.2, -0.15) is 0 Å². The summed E-state index contributed by atoms with van der Waals surface area (Å²) in [7, 11) is 0. The van der Waals surface area contributed by atoms with Crippen LogP contribution in [0.2, 0.25) is 0 Å². The van der Waals surface area contributed by atoms with Crippen LogP contribution >= 0.6 is 0 Å². The molecule has 19 heavy (non-hydrogen) atoms. The Balaban J connectivity index is 2.43. The third-order valence-electron chi connectivity index (χ3n) is 4.96. The van der Waals surface area contributed by atoms with Gasteiger partial charge >= 0.3 is 5.97 Å². The number of hydrogen-bond donors (Lipinski definition) is 1. The van der Waals surface area contributed by atoms with Crippen LogP contribution in [0.15, 0.2) is 0 Å². The van der Waals surface area contributed by atoms with Crippen molar-refractivity contribution in [3.05, 3.63) is 0 Å². The summed E-state index contributed by atoms with van der Waals surface area (Å²) in [5.74, 6) is 0.300. The standard InChI is InChI=1S/C16H30O3/c1-5-12(4)15(17)19-14-10-8-13(9-11-14)16(18,6-2)7-3/h12-14,18H,5-11H2,1-4H3. The minimum Gasteiger partial charge on any atom is -0.462 e. The van der Waals surface area contributed by atoms with Crippen LogP contribution in [0.4, 0.5) is 0 Å². The second kappa shape index (κ2) is 7.28. The average molecular weight is 270 g/mol. The SMILES string of the molecule is CCC(C)C(=O)OC1CCC(C(O)(CC)CC)CC1. The van der Waals surface area contributed by atoms with Crippen molar-refractivity contribution in [2.45, 2.75) is 84.3 Å². The van der Waals surface area contributed by atoms with E-state index in [-0.39, 0.29) is 18.0 Å². The van der Waals surface area contributed by atoms with Gasteiger partial charge in [-0.15, -0.1) is 0 Å². The molecule has 112 valence electrons. The minimum atomic E-state index is -0.522. The number of carbonyl (C=O) groups excluding carboxylic acids is 1. The number of hydrogen-bond acceptors (Lipinski definition) is 3. The van der Waals surface area contributed by atoms with E-state index in [1.54, 1.807) is 0 Å². The highest BCUT2D eigenvalue weighted by molar-refractivity contribution is 5.72. The summed E-state index contributed by atoms with van der Waals surface area (Å²) >= 11 is 0. The molecule has 1 atom stereocenters. The van der Waals surface area contributed by atoms with Gasteiger partial charge in [0.15, 0.2) is 0 Å². The lowest BCUT2D eigenvalue weighted by Gasteiger charge is -2.39. The molecule has 0 saturated heterocycles. The maximum absolute atomic E-state index is 11.8. The molecule has 0 aromatic heterocycles. The van der Waals surface area contributed by atoms with E-state index in [9.17, 15) is 9.90 Å². The van der Waals surface area contributed by atoms with Gasteiger partial charge in [-0.3, -0.25) is 4.79 Å². The molecular formula is C16H30O3. The van der Waals surface area contributed by atoms with Crippen molar-refractivity contribution in [1.29, 1.82) is 0 Å². The first-order valence-corrected chi connectivity index (χ1v) is 7.89. The van der Waals surface area contributed by atoms with Crippen LogP contribution in [0.25, 0.3) is 0 Å². The molecule has 0 spiro atoms. The predicted molar refractivity (Wildman–Crippen MR) is 76.8 cm³/mol. The number of esters is 1. The number of rotatable bonds is 6. The molecule has 1 aliphatic rings. The molecule has 1 rings (SSSR count). The van der Waals surface area contributed by atoms with Crippen molar-refractivity contribution in [2.75, 3.05) is 0 Å². The third kappa shape index (κ3) is 4.20. The molecule has 1 unspecified atom stereocenters. The summed E-state index contributed by atoms with van der Waals surface area (Å²) in [5, 5.41) is 10.5. The second-order valence-corrected chi connectivity index (χ2v) is 6.03. The van der Waals surface area contributed by atoms with Crippen LogP contribution in [0, 0.1) is 11.8 Å². The fourth-order valence-electron chi connectivity index (χ4n) is 2.99. The van der Waals surface area contributed by atoms with Crippen LogP contribution in [-0.2, 0) is 9.53 Å². The van der Waals surface area contributed by atoms with Gasteiger partial charge in [0.2, 0.25) is 0 Å². The second-order valence-electron chi connectivity index (χ2n) is 6.03. The highest BCUT2D eigenvalue weighted by Gasteiger charge is 2.37. The normalized spacial score (nSPS) is 25.9. The van der Waals surface area contributed by atoms with E-state index < -0.39 is 5.60 Å². The van der Waals surface area contributed by atoms with Gasteiger partial charge < -0.3 is 9.84 Å². The van der Waals surface area contributed by atoms with Crippen LogP contribution in [0.3, 0.4) is 0 Å². The minimum absolute atomic E-state index is 0.000870. The highest BCUT2D eigenvalue weighted by Crippen LogP contribution is 2.37. The van der Waals surface area contributed by atoms with Gasteiger partial charge in [-0.1, -0.05) is 27.7 Å². The largest absolute Gasteiger partial charge is 0.462 e. The van der Waals surface area contributed by atoms with Gasteiger partial charge in [0.25, 0.3) is 0 Å². The molecule has 0 aromatic rings. The van der Waals surface area contributed by atoms with Crippen molar-refractivity contribution < 1.29 is 14.6 Å². The van der Waals surface area contributed by atoms with Gasteiger partial charge in [0.05, 0.1) is 11.5 Å². The summed E-state index contributed by atoms with van der Waals surface area (Å²) in [6, 6.07) is 0. The van der Waals surface area contributed by atoms with E-state index in [1.165, 1.54) is 0 Å². The Hall–Kier alpha value is -0.570. The topological polar surface area (TPSA) is 46.5 Å². The molecule has 1 saturated carbocycles. The number of carbonyl (C=O) groups is 1. The van der Waals surface area contributed by atoms with Crippen molar-refractivity contribution in [3.8, 4) is 0 Å². The van der Waals surface area contributed by atoms with E-state index in [0.717, 1.165) is 44.9 Å². The maximum atomic E-state index is 11.8. The molecule has 0 bridgehead atoms. The van der Waals surface area contributed by atoms with Crippen molar-refractivity contribution in [1.82, 2.24) is 0 Å². The van der Waals surface area contributed by atoms with Crippen LogP contribution < -0.4 is 0 Å². The lowest BCUT2D eigenvalue weighted by Crippen LogP contribution is -2.40. The van der Waals surface area contributed by atoms with E-state index in [4.69, 9.17) is 4.74 Å². The zero-order valence-electron chi connectivity index (χ0n) is 12.9. The van der Waals surface area contributed by atoms with Gasteiger partial charge in [0, 0.05) is 0 Å². The fourth-order valence-corrected chi connectivity index (χ4v) is 2.99. The van der Waals surface area contributed by atoms with Gasteiger partial charge in [-0.05, 0) is 50.9 Å². The summed E-state index contributed by atoms with van der Waals surface area (Å²) in [6.45, 7) is 8.03. The lowest BCUT2D eigenvalue weighted by molar-refractivity contribution is -0.156. The number of aliphatic hydroxyl groups is 1. The zero-order valence-corrected chi connectivity index (χ0v) is 12.9. The maximum Gasteiger partial charge on any atom is 0.308 e. The third-order valence-corrected chi connectivity index (χ3v) is 4.96. The molecule has 0 radical (unpaired) electrons. The van der Waals surface area contributed by atoms with E-state index in [1.807, 2.05) is 13.8 Å². The first-order chi connectivity index (χ1) is 8.96. The van der Waals surface area contributed by atoms with E-state index >= 15 is 0 Å². The molecule has 1 fully saturated rings. The smallest absolute Gasteiger partial charge is 0.308 e. The highest BCUT2D eigenvalue weighted by atomic mass is 16.5. The molecule has 1 N–H and O–H groups in total. The Morgan fingerprint density at radius 1 is 1.21 bits per heavy atom. The summed E-state index contributed by atoms with van der Waals surface area (Å²) in [4.78, 5) is 11.8. The molecule has 0 heterocycles. The van der Waals surface area contributed by atoms with Crippen LogP contribution in [0.5, 0.6) is 0 Å². The Labute approximate surface area is 117 Å². The van der Waals surface area contributed by atoms with E-state index in [0.29, 0.717) is 5.92 Å². The van der Waals surface area contributed by atoms with Crippen molar-refractivity contribution in [2.24, 2.45) is 11.8 Å². The Morgan fingerprint density at radius 2 is 1.74 bits per heavy atom. The molecule has 0 amide bonds.